The number of esters is 2. The summed E-state index contributed by atoms with van der Waals surface area (Å²) in [5.41, 5.74) is -0.833. The van der Waals surface area contributed by atoms with E-state index in [9.17, 15) is 14.4 Å². The van der Waals surface area contributed by atoms with Crippen molar-refractivity contribution >= 4 is 23.8 Å². The number of hydrogen-bond donors (Lipinski definition) is 0. The van der Waals surface area contributed by atoms with Gasteiger partial charge < -0.3 is 14.2 Å². The maximum Gasteiger partial charge on any atom is 0.324 e. The first-order chi connectivity index (χ1) is 14.8. The fraction of sp³-hybridized carbons (Fsp3) is 0.320. The third kappa shape index (κ3) is 3.42. The number of Topliss-reactive ketones (excluding diaryl/α,β-unsaturated/α-hetero) is 1. The summed E-state index contributed by atoms with van der Waals surface area (Å²) in [6, 6.07) is 14.3. The van der Waals surface area contributed by atoms with Crippen LogP contribution in [-0.2, 0) is 19.1 Å². The van der Waals surface area contributed by atoms with Gasteiger partial charge in [-0.1, -0.05) is 54.1 Å². The average Bonchev–Trinajstić information content (AvgIpc) is 3.37. The Labute approximate surface area is 181 Å². The largest absolute Gasteiger partial charge is 0.497 e. The van der Waals surface area contributed by atoms with E-state index in [2.05, 4.69) is 0 Å². The highest BCUT2D eigenvalue weighted by Crippen LogP contribution is 2.72. The molecule has 2 aromatic rings. The summed E-state index contributed by atoms with van der Waals surface area (Å²) in [5.74, 6) is -1.90. The van der Waals surface area contributed by atoms with Gasteiger partial charge in [0.25, 0.3) is 0 Å². The first kappa shape index (κ1) is 22.3. The molecule has 2 unspecified atom stereocenters. The topological polar surface area (TPSA) is 78.9 Å². The lowest BCUT2D eigenvalue weighted by Crippen LogP contribution is -2.36. The number of benzene rings is 2. The molecule has 0 N–H and O–H groups in total. The molecule has 0 aromatic heterocycles. The third-order valence-corrected chi connectivity index (χ3v) is 6.22. The molecule has 1 fully saturated rings. The van der Waals surface area contributed by atoms with E-state index in [1.54, 1.807) is 50.5 Å². The van der Waals surface area contributed by atoms with Crippen molar-refractivity contribution in [3.8, 4) is 5.75 Å². The Morgan fingerprint density at radius 2 is 1.42 bits per heavy atom. The third-order valence-electron chi connectivity index (χ3n) is 6.22. The lowest BCUT2D eigenvalue weighted by atomic mass is 9.86. The molecule has 0 spiro atoms. The summed E-state index contributed by atoms with van der Waals surface area (Å²) in [4.78, 5) is 39.3. The standard InChI is InChI=1S/C25H26O6/c1-16-6-11-18(12-7-16)21(26)24(2)20(25(24,22(27)30-4)23(28)31-5)15-10-17-8-13-19(29-3)14-9-17/h6-15,20H,1-5H3/b15-10+. The molecule has 31 heavy (non-hydrogen) atoms. The molecule has 2 aromatic carbocycles. The Kier molecular flexibility index (Phi) is 6.02. The van der Waals surface area contributed by atoms with Crippen LogP contribution < -0.4 is 4.74 Å². The maximum atomic E-state index is 13.5. The summed E-state index contributed by atoms with van der Waals surface area (Å²) < 4.78 is 15.1. The molecule has 0 heterocycles. The molecule has 6 nitrogen and oxygen atoms in total. The van der Waals surface area contributed by atoms with Crippen molar-refractivity contribution in [2.75, 3.05) is 21.3 Å². The Morgan fingerprint density at radius 1 is 0.871 bits per heavy atom. The van der Waals surface area contributed by atoms with Crippen LogP contribution in [-0.4, -0.2) is 39.1 Å². The van der Waals surface area contributed by atoms with Crippen molar-refractivity contribution in [1.29, 1.82) is 0 Å². The molecule has 1 aliphatic rings. The summed E-state index contributed by atoms with van der Waals surface area (Å²) in [6.45, 7) is 3.53. The minimum absolute atomic E-state index is 0.312. The van der Waals surface area contributed by atoms with E-state index in [1.165, 1.54) is 14.2 Å². The van der Waals surface area contributed by atoms with Gasteiger partial charge in [0.05, 0.1) is 26.7 Å². The van der Waals surface area contributed by atoms with E-state index >= 15 is 0 Å². The second-order valence-corrected chi connectivity index (χ2v) is 7.80. The monoisotopic (exact) mass is 422 g/mol. The zero-order valence-corrected chi connectivity index (χ0v) is 18.3. The van der Waals surface area contributed by atoms with E-state index in [0.29, 0.717) is 11.3 Å². The van der Waals surface area contributed by atoms with Crippen molar-refractivity contribution in [3.05, 3.63) is 71.3 Å². The van der Waals surface area contributed by atoms with E-state index < -0.39 is 28.7 Å². The van der Waals surface area contributed by atoms with Crippen molar-refractivity contribution < 1.29 is 28.6 Å². The molecule has 2 atom stereocenters. The predicted molar refractivity (Wildman–Crippen MR) is 116 cm³/mol. The molecule has 0 amide bonds. The Hall–Kier alpha value is -3.41. The number of methoxy groups -OCH3 is 3. The molecule has 162 valence electrons. The molecule has 1 saturated carbocycles. The van der Waals surface area contributed by atoms with E-state index in [0.717, 1.165) is 11.1 Å². The van der Waals surface area contributed by atoms with Crippen molar-refractivity contribution in [2.24, 2.45) is 16.7 Å². The number of hydrogen-bond acceptors (Lipinski definition) is 6. The van der Waals surface area contributed by atoms with Gasteiger partial charge in [0, 0.05) is 11.5 Å². The highest BCUT2D eigenvalue weighted by atomic mass is 16.5. The summed E-state index contributed by atoms with van der Waals surface area (Å²) in [5, 5.41) is 0. The molecule has 0 aliphatic heterocycles. The van der Waals surface area contributed by atoms with Crippen molar-refractivity contribution in [2.45, 2.75) is 13.8 Å². The highest BCUT2D eigenvalue weighted by molar-refractivity contribution is 6.17. The molecule has 0 radical (unpaired) electrons. The van der Waals surface area contributed by atoms with Gasteiger partial charge in [-0.05, 0) is 31.5 Å². The van der Waals surface area contributed by atoms with Gasteiger partial charge in [0.1, 0.15) is 5.75 Å². The van der Waals surface area contributed by atoms with Gasteiger partial charge >= 0.3 is 11.9 Å². The molecular weight excluding hydrogens is 396 g/mol. The minimum Gasteiger partial charge on any atom is -0.497 e. The number of allylic oxidation sites excluding steroid dienone is 1. The smallest absolute Gasteiger partial charge is 0.324 e. The normalized spacial score (nSPS) is 21.4. The number of rotatable bonds is 7. The average molecular weight is 422 g/mol. The van der Waals surface area contributed by atoms with Gasteiger partial charge in [-0.2, -0.15) is 0 Å². The number of aryl methyl sites for hydroxylation is 1. The lowest BCUT2D eigenvalue weighted by Gasteiger charge is -2.17. The Balaban J connectivity index is 2.06. The summed E-state index contributed by atoms with van der Waals surface area (Å²) >= 11 is 0. The van der Waals surface area contributed by atoms with Crippen LogP contribution in [0.2, 0.25) is 0 Å². The van der Waals surface area contributed by atoms with Gasteiger partial charge in [-0.25, -0.2) is 0 Å². The maximum absolute atomic E-state index is 13.5. The first-order valence-corrected chi connectivity index (χ1v) is 9.87. The Bertz CT molecular complexity index is 1000. The Morgan fingerprint density at radius 3 is 1.90 bits per heavy atom. The van der Waals surface area contributed by atoms with E-state index in [-0.39, 0.29) is 5.78 Å². The second-order valence-electron chi connectivity index (χ2n) is 7.80. The quantitative estimate of drug-likeness (QED) is 0.383. The molecule has 1 aliphatic carbocycles. The number of ether oxygens (including phenoxy) is 3. The van der Waals surface area contributed by atoms with Crippen LogP contribution in [0.5, 0.6) is 5.75 Å². The number of carbonyl (C=O) groups excluding carboxylic acids is 3. The minimum atomic E-state index is -1.75. The van der Waals surface area contributed by atoms with Crippen molar-refractivity contribution in [3.63, 3.8) is 0 Å². The fourth-order valence-electron chi connectivity index (χ4n) is 4.32. The van der Waals surface area contributed by atoms with Crippen LogP contribution in [0.15, 0.2) is 54.6 Å². The summed E-state index contributed by atoms with van der Waals surface area (Å²) in [7, 11) is 3.98. The van der Waals surface area contributed by atoms with Crippen LogP contribution in [0.4, 0.5) is 0 Å². The molecule has 3 rings (SSSR count). The summed E-state index contributed by atoms with van der Waals surface area (Å²) in [6.07, 6.45) is 3.49. The van der Waals surface area contributed by atoms with E-state index in [1.807, 2.05) is 31.2 Å². The lowest BCUT2D eigenvalue weighted by molar-refractivity contribution is -0.163. The molecule has 6 heteroatoms. The zero-order chi connectivity index (χ0) is 22.8. The first-order valence-electron chi connectivity index (χ1n) is 9.87. The van der Waals surface area contributed by atoms with Crippen LogP contribution in [0.25, 0.3) is 6.08 Å². The SMILES string of the molecule is COC(=O)C1(C(=O)OC)C(/C=C/c2ccc(OC)cc2)C1(C)C(=O)c1ccc(C)cc1. The van der Waals surface area contributed by atoms with Crippen LogP contribution in [0.1, 0.15) is 28.4 Å². The number of ketones is 1. The van der Waals surface area contributed by atoms with Gasteiger partial charge in [0.2, 0.25) is 0 Å². The van der Waals surface area contributed by atoms with Crippen molar-refractivity contribution in [1.82, 2.24) is 0 Å². The highest BCUT2D eigenvalue weighted by Gasteiger charge is 2.86. The molecule has 0 saturated heterocycles. The van der Waals surface area contributed by atoms with Gasteiger partial charge in [0.15, 0.2) is 11.2 Å². The van der Waals surface area contributed by atoms with Crippen LogP contribution >= 0.6 is 0 Å². The molecular formula is C25H26O6. The zero-order valence-electron chi connectivity index (χ0n) is 18.3. The second kappa shape index (κ2) is 8.38. The predicted octanol–water partition coefficient (Wildman–Crippen LogP) is 3.87. The van der Waals surface area contributed by atoms with Gasteiger partial charge in [-0.3, -0.25) is 14.4 Å². The molecule has 0 bridgehead atoms. The van der Waals surface area contributed by atoms with Crippen LogP contribution in [0.3, 0.4) is 0 Å². The number of carbonyl (C=O) groups is 3. The van der Waals surface area contributed by atoms with E-state index in [4.69, 9.17) is 14.2 Å². The fourth-order valence-corrected chi connectivity index (χ4v) is 4.32. The van der Waals surface area contributed by atoms with Gasteiger partial charge in [-0.15, -0.1) is 0 Å². The van der Waals surface area contributed by atoms with Crippen LogP contribution in [0, 0.1) is 23.7 Å².